The maximum absolute atomic E-state index is 9.99. The topological polar surface area (TPSA) is 101 Å². The molecule has 0 aromatic carbocycles. The number of carbonyl (C=O) groups is 2. The fourth-order valence-corrected chi connectivity index (χ4v) is 0.402. The zero-order valence-electron chi connectivity index (χ0n) is 6.36. The molecule has 4 N–H and O–H groups in total. The van der Waals surface area contributed by atoms with Gasteiger partial charge in [0.05, 0.1) is 0 Å². The first kappa shape index (κ1) is 17.8. The zero-order valence-corrected chi connectivity index (χ0v) is 8.82. The van der Waals surface area contributed by atoms with Crippen LogP contribution in [0.4, 0.5) is 0 Å². The van der Waals surface area contributed by atoms with Crippen molar-refractivity contribution in [3.05, 3.63) is 0 Å². The van der Waals surface area contributed by atoms with Crippen molar-refractivity contribution in [1.82, 2.24) is 0 Å². The SMILES string of the molecule is N[C@@H](CCC(=O)O)C(=O)O.[B].[Zr]. The summed E-state index contributed by atoms with van der Waals surface area (Å²) in [5, 5.41) is 16.3. The van der Waals surface area contributed by atoms with Gasteiger partial charge in [-0.3, -0.25) is 9.59 Å². The van der Waals surface area contributed by atoms with E-state index in [9.17, 15) is 9.59 Å². The summed E-state index contributed by atoms with van der Waals surface area (Å²) in [4.78, 5) is 19.9. The Morgan fingerprint density at radius 2 is 1.75 bits per heavy atom. The molecule has 0 aromatic heterocycles. The van der Waals surface area contributed by atoms with E-state index in [1.807, 2.05) is 0 Å². The second kappa shape index (κ2) is 8.94. The standard InChI is InChI=1S/C5H9NO4.B.Zr/c6-3(5(9)10)1-2-4(7)8;;/h3H,1-2,6H2,(H,7,8)(H,9,10);;/t3-;;/m0../s1. The maximum atomic E-state index is 9.99. The summed E-state index contributed by atoms with van der Waals surface area (Å²) >= 11 is 0. The molecule has 0 unspecified atom stereocenters. The van der Waals surface area contributed by atoms with Crippen LogP contribution in [0.5, 0.6) is 0 Å². The van der Waals surface area contributed by atoms with E-state index in [-0.39, 0.29) is 47.5 Å². The minimum absolute atomic E-state index is 0. The van der Waals surface area contributed by atoms with Crippen LogP contribution >= 0.6 is 0 Å². The molecule has 0 saturated carbocycles. The monoisotopic (exact) mass is 248 g/mol. The van der Waals surface area contributed by atoms with E-state index in [0.717, 1.165) is 0 Å². The van der Waals surface area contributed by atoms with Gasteiger partial charge < -0.3 is 15.9 Å². The van der Waals surface area contributed by atoms with Crippen LogP contribution in [-0.2, 0) is 35.8 Å². The van der Waals surface area contributed by atoms with Gasteiger partial charge >= 0.3 is 11.9 Å². The first-order chi connectivity index (χ1) is 4.54. The predicted octanol–water partition coefficient (Wildman–Crippen LogP) is -1.12. The van der Waals surface area contributed by atoms with Crippen molar-refractivity contribution in [2.24, 2.45) is 5.73 Å². The number of carboxylic acid groups (broad SMARTS) is 2. The summed E-state index contributed by atoms with van der Waals surface area (Å²) in [5.74, 6) is -2.20. The molecule has 0 aliphatic heterocycles. The normalized spacial score (nSPS) is 10.4. The van der Waals surface area contributed by atoms with Gasteiger partial charge in [-0.1, -0.05) is 0 Å². The van der Waals surface area contributed by atoms with Crippen molar-refractivity contribution in [2.75, 3.05) is 0 Å². The van der Waals surface area contributed by atoms with Gasteiger partial charge in [0.1, 0.15) is 6.04 Å². The van der Waals surface area contributed by atoms with Crippen molar-refractivity contribution in [3.8, 4) is 0 Å². The molecule has 0 amide bonds. The maximum Gasteiger partial charge on any atom is 0.320 e. The molecular formula is C5H9BNO4Zr. The summed E-state index contributed by atoms with van der Waals surface area (Å²) in [6.45, 7) is 0. The summed E-state index contributed by atoms with van der Waals surface area (Å²) in [5.41, 5.74) is 5.00. The molecule has 0 saturated heterocycles. The van der Waals surface area contributed by atoms with Crippen LogP contribution in [-0.4, -0.2) is 36.6 Å². The van der Waals surface area contributed by atoms with Gasteiger partial charge in [0.25, 0.3) is 0 Å². The van der Waals surface area contributed by atoms with Crippen LogP contribution in [0.25, 0.3) is 0 Å². The molecule has 0 aliphatic carbocycles. The van der Waals surface area contributed by atoms with Crippen LogP contribution in [0.1, 0.15) is 12.8 Å². The Kier molecular flexibility index (Phi) is 13.3. The van der Waals surface area contributed by atoms with E-state index in [1.165, 1.54) is 0 Å². The van der Waals surface area contributed by atoms with Crippen LogP contribution in [0.15, 0.2) is 0 Å². The smallest absolute Gasteiger partial charge is 0.320 e. The molecule has 0 fully saturated rings. The van der Waals surface area contributed by atoms with Gasteiger partial charge in [0, 0.05) is 41.0 Å². The van der Waals surface area contributed by atoms with Crippen LogP contribution in [0.2, 0.25) is 0 Å². The van der Waals surface area contributed by atoms with E-state index in [4.69, 9.17) is 15.9 Å². The fourth-order valence-electron chi connectivity index (χ4n) is 0.402. The summed E-state index contributed by atoms with van der Waals surface area (Å²) in [6, 6.07) is -1.06. The second-order valence-electron chi connectivity index (χ2n) is 1.88. The Morgan fingerprint density at radius 3 is 2.00 bits per heavy atom. The van der Waals surface area contributed by atoms with Crippen molar-refractivity contribution in [2.45, 2.75) is 18.9 Å². The molecule has 0 heterocycles. The predicted molar refractivity (Wildman–Crippen MR) is 38.2 cm³/mol. The molecule has 1 atom stereocenters. The average Bonchev–Trinajstić information content (AvgIpc) is 1.82. The van der Waals surface area contributed by atoms with Crippen LogP contribution in [0, 0.1) is 0 Å². The first-order valence-electron chi connectivity index (χ1n) is 2.74. The fraction of sp³-hybridized carbons (Fsp3) is 0.600. The van der Waals surface area contributed by atoms with E-state index in [2.05, 4.69) is 0 Å². The average molecular weight is 249 g/mol. The molecule has 0 aromatic rings. The van der Waals surface area contributed by atoms with Gasteiger partial charge in [-0.05, 0) is 6.42 Å². The van der Waals surface area contributed by atoms with E-state index < -0.39 is 18.0 Å². The third-order valence-electron chi connectivity index (χ3n) is 0.986. The summed E-state index contributed by atoms with van der Waals surface area (Å²) in [7, 11) is 0. The third-order valence-corrected chi connectivity index (χ3v) is 0.986. The van der Waals surface area contributed by atoms with E-state index in [0.29, 0.717) is 0 Å². The molecule has 65 valence electrons. The molecule has 5 nitrogen and oxygen atoms in total. The molecule has 0 aliphatic rings. The van der Waals surface area contributed by atoms with Gasteiger partial charge in [0.2, 0.25) is 0 Å². The minimum atomic E-state index is -1.17. The Morgan fingerprint density at radius 1 is 1.33 bits per heavy atom. The van der Waals surface area contributed by atoms with Gasteiger partial charge in [0.15, 0.2) is 0 Å². The minimum Gasteiger partial charge on any atom is -0.481 e. The first-order valence-corrected chi connectivity index (χ1v) is 2.74. The van der Waals surface area contributed by atoms with Gasteiger partial charge in [-0.15, -0.1) is 0 Å². The second-order valence-corrected chi connectivity index (χ2v) is 1.88. The van der Waals surface area contributed by atoms with Crippen molar-refractivity contribution in [1.29, 1.82) is 0 Å². The Bertz CT molecular complexity index is 154. The van der Waals surface area contributed by atoms with Crippen molar-refractivity contribution >= 4 is 20.4 Å². The number of hydrogen-bond acceptors (Lipinski definition) is 3. The molecule has 0 bridgehead atoms. The Labute approximate surface area is 91.0 Å². The molecule has 0 spiro atoms. The van der Waals surface area contributed by atoms with Crippen LogP contribution in [0.3, 0.4) is 0 Å². The number of aliphatic carboxylic acids is 2. The molecule has 7 heteroatoms. The van der Waals surface area contributed by atoms with Gasteiger partial charge in [-0.2, -0.15) is 0 Å². The van der Waals surface area contributed by atoms with Crippen molar-refractivity contribution < 1.29 is 46.0 Å². The largest absolute Gasteiger partial charge is 0.481 e. The number of rotatable bonds is 4. The number of carboxylic acids is 2. The third kappa shape index (κ3) is 9.85. The summed E-state index contributed by atoms with van der Waals surface area (Å²) < 4.78 is 0. The van der Waals surface area contributed by atoms with Gasteiger partial charge in [-0.25, -0.2) is 0 Å². The van der Waals surface area contributed by atoms with E-state index >= 15 is 0 Å². The summed E-state index contributed by atoms with van der Waals surface area (Å²) in [6.07, 6.45) is -0.224. The molecule has 12 heavy (non-hydrogen) atoms. The van der Waals surface area contributed by atoms with E-state index in [1.54, 1.807) is 0 Å². The molecule has 3 radical (unpaired) electrons. The van der Waals surface area contributed by atoms with Crippen molar-refractivity contribution in [3.63, 3.8) is 0 Å². The Balaban J connectivity index is -0.000000405. The Hall–Kier alpha value is -0.152. The number of hydrogen-bond donors (Lipinski definition) is 3. The molecule has 0 rings (SSSR count). The zero-order chi connectivity index (χ0) is 8.15. The molecular weight excluding hydrogens is 240 g/mol. The van der Waals surface area contributed by atoms with Crippen LogP contribution < -0.4 is 5.73 Å². The number of nitrogens with two attached hydrogens (primary N) is 1. The quantitative estimate of drug-likeness (QED) is 0.548.